The largest absolute Gasteiger partial charge is 0.478 e. The average Bonchev–Trinajstić information content (AvgIpc) is 2.98. The van der Waals surface area contributed by atoms with Crippen molar-refractivity contribution in [3.8, 4) is 0 Å². The summed E-state index contributed by atoms with van der Waals surface area (Å²) in [7, 11) is 3.26. The maximum atomic E-state index is 5.48. The van der Waals surface area contributed by atoms with Gasteiger partial charge in [-0.2, -0.15) is 0 Å². The van der Waals surface area contributed by atoms with Crippen molar-refractivity contribution in [3.63, 3.8) is 0 Å². The van der Waals surface area contributed by atoms with Gasteiger partial charge in [0.25, 0.3) is 11.8 Å². The van der Waals surface area contributed by atoms with Crippen LogP contribution in [-0.4, -0.2) is 19.9 Å². The minimum Gasteiger partial charge on any atom is -0.478 e. The minimum atomic E-state index is 0.486. The number of fused-ring (bicyclic) bond motifs is 1. The second kappa shape index (κ2) is 16.0. The monoisotopic (exact) mass is 498 g/mol. The molecule has 0 spiro atoms. The molecular formula is C32H54N2O2. The zero-order chi connectivity index (χ0) is 26.5. The number of methoxy groups -OCH3 is 2. The molecule has 1 aromatic carbocycles. The van der Waals surface area contributed by atoms with Crippen molar-refractivity contribution in [1.29, 1.82) is 0 Å². The number of benzene rings is 1. The van der Waals surface area contributed by atoms with Gasteiger partial charge in [0.15, 0.2) is 0 Å². The number of anilines is 1. The number of hydrogen-bond donors (Lipinski definition) is 1. The summed E-state index contributed by atoms with van der Waals surface area (Å²) >= 11 is 0. The topological polar surface area (TPSA) is 42.9 Å². The van der Waals surface area contributed by atoms with E-state index in [-0.39, 0.29) is 0 Å². The molecular weight excluding hydrogens is 444 g/mol. The van der Waals surface area contributed by atoms with Gasteiger partial charge < -0.3 is 14.8 Å². The predicted molar refractivity (Wildman–Crippen MR) is 156 cm³/mol. The SMILES string of the molecule is COC1=C(OC)Nc2cccc(CCC(C)CCCC(C)CCCC(C)CCCC(C)C)c2C(C)=N1. The summed E-state index contributed by atoms with van der Waals surface area (Å²) in [6.45, 7) is 14.0. The molecule has 4 nitrogen and oxygen atoms in total. The molecule has 0 fully saturated rings. The molecule has 1 N–H and O–H groups in total. The van der Waals surface area contributed by atoms with E-state index >= 15 is 0 Å². The van der Waals surface area contributed by atoms with Crippen LogP contribution in [0.25, 0.3) is 0 Å². The van der Waals surface area contributed by atoms with E-state index in [9.17, 15) is 0 Å². The number of rotatable bonds is 17. The van der Waals surface area contributed by atoms with Gasteiger partial charge in [-0.05, 0) is 55.1 Å². The van der Waals surface area contributed by atoms with Crippen LogP contribution in [0.2, 0.25) is 0 Å². The van der Waals surface area contributed by atoms with Crippen LogP contribution in [0, 0.1) is 23.7 Å². The number of ether oxygens (including phenoxy) is 2. The Hall–Kier alpha value is -1.97. The Labute approximate surface area is 222 Å². The molecule has 204 valence electrons. The van der Waals surface area contributed by atoms with Crippen molar-refractivity contribution in [2.45, 2.75) is 112 Å². The molecule has 36 heavy (non-hydrogen) atoms. The van der Waals surface area contributed by atoms with E-state index in [0.717, 1.165) is 41.5 Å². The number of hydrogen-bond acceptors (Lipinski definition) is 4. The summed E-state index contributed by atoms with van der Waals surface area (Å²) in [6, 6.07) is 6.45. The molecule has 0 bridgehead atoms. The molecule has 1 aliphatic rings. The second-order valence-electron chi connectivity index (χ2n) is 11.7. The molecule has 0 aliphatic carbocycles. The van der Waals surface area contributed by atoms with Gasteiger partial charge in [0.2, 0.25) is 0 Å². The lowest BCUT2D eigenvalue weighted by molar-refractivity contribution is 0.224. The summed E-state index contributed by atoms with van der Waals surface area (Å²) in [4.78, 5) is 4.69. The summed E-state index contributed by atoms with van der Waals surface area (Å²) in [5.74, 6) is 4.36. The third kappa shape index (κ3) is 10.2. The van der Waals surface area contributed by atoms with Crippen LogP contribution in [0.15, 0.2) is 35.0 Å². The van der Waals surface area contributed by atoms with Crippen LogP contribution in [0.3, 0.4) is 0 Å². The minimum absolute atomic E-state index is 0.486. The maximum absolute atomic E-state index is 5.48. The Morgan fingerprint density at radius 3 is 1.83 bits per heavy atom. The van der Waals surface area contributed by atoms with E-state index in [1.165, 1.54) is 75.3 Å². The molecule has 3 atom stereocenters. The molecule has 0 radical (unpaired) electrons. The Morgan fingerprint density at radius 1 is 0.750 bits per heavy atom. The lowest BCUT2D eigenvalue weighted by atomic mass is 9.89. The van der Waals surface area contributed by atoms with Crippen molar-refractivity contribution < 1.29 is 9.47 Å². The summed E-state index contributed by atoms with van der Waals surface area (Å²) in [6.07, 6.45) is 14.7. The fourth-order valence-electron chi connectivity index (χ4n) is 5.39. The summed E-state index contributed by atoms with van der Waals surface area (Å²) < 4.78 is 10.9. The Bertz CT molecular complexity index is 843. The molecule has 1 aliphatic heterocycles. The first-order valence-electron chi connectivity index (χ1n) is 14.5. The fourth-order valence-corrected chi connectivity index (χ4v) is 5.39. The molecule has 0 amide bonds. The van der Waals surface area contributed by atoms with Crippen molar-refractivity contribution in [2.75, 3.05) is 19.5 Å². The lowest BCUT2D eigenvalue weighted by Gasteiger charge is -2.18. The number of nitrogens with zero attached hydrogens (tertiary/aromatic N) is 1. The zero-order valence-corrected chi connectivity index (χ0v) is 24.6. The molecule has 3 unspecified atom stereocenters. The zero-order valence-electron chi connectivity index (χ0n) is 24.6. The highest BCUT2D eigenvalue weighted by atomic mass is 16.5. The van der Waals surface area contributed by atoms with Crippen molar-refractivity contribution in [1.82, 2.24) is 0 Å². The molecule has 0 saturated carbocycles. The van der Waals surface area contributed by atoms with E-state index in [1.807, 2.05) is 0 Å². The average molecular weight is 499 g/mol. The van der Waals surface area contributed by atoms with Gasteiger partial charge in [-0.3, -0.25) is 0 Å². The van der Waals surface area contributed by atoms with Crippen LogP contribution < -0.4 is 5.32 Å². The summed E-state index contributed by atoms with van der Waals surface area (Å²) in [5, 5.41) is 3.37. The normalized spacial score (nSPS) is 16.1. The van der Waals surface area contributed by atoms with Crippen LogP contribution >= 0.6 is 0 Å². The Kier molecular flexibility index (Phi) is 13.4. The first-order valence-corrected chi connectivity index (χ1v) is 14.5. The molecule has 1 heterocycles. The van der Waals surface area contributed by atoms with E-state index in [2.05, 4.69) is 70.1 Å². The molecule has 0 aromatic heterocycles. The van der Waals surface area contributed by atoms with Gasteiger partial charge in [-0.25, -0.2) is 4.99 Å². The van der Waals surface area contributed by atoms with E-state index < -0.39 is 0 Å². The lowest BCUT2D eigenvalue weighted by Crippen LogP contribution is -2.08. The van der Waals surface area contributed by atoms with Gasteiger partial charge in [-0.1, -0.05) is 105 Å². The summed E-state index contributed by atoms with van der Waals surface area (Å²) in [5.41, 5.74) is 4.52. The fraction of sp³-hybridized carbons (Fsp3) is 0.719. The third-order valence-electron chi connectivity index (χ3n) is 7.79. The van der Waals surface area contributed by atoms with Crippen LogP contribution in [0.5, 0.6) is 0 Å². The Balaban J connectivity index is 1.73. The quantitative estimate of drug-likeness (QED) is 0.233. The molecule has 0 saturated heterocycles. The third-order valence-corrected chi connectivity index (χ3v) is 7.79. The number of aliphatic imine (C=N–C) groups is 1. The molecule has 1 aromatic rings. The highest BCUT2D eigenvalue weighted by Gasteiger charge is 2.20. The van der Waals surface area contributed by atoms with Gasteiger partial charge in [0.05, 0.1) is 25.6 Å². The first-order chi connectivity index (χ1) is 17.2. The number of nitrogens with one attached hydrogen (secondary N) is 1. The molecule has 2 rings (SSSR count). The molecule has 4 heteroatoms. The Morgan fingerprint density at radius 2 is 1.31 bits per heavy atom. The van der Waals surface area contributed by atoms with Gasteiger partial charge in [-0.15, -0.1) is 0 Å². The highest BCUT2D eigenvalue weighted by Crippen LogP contribution is 2.30. The first kappa shape index (κ1) is 30.3. The van der Waals surface area contributed by atoms with Gasteiger partial charge >= 0.3 is 0 Å². The van der Waals surface area contributed by atoms with Crippen molar-refractivity contribution >= 4 is 11.4 Å². The van der Waals surface area contributed by atoms with Crippen molar-refractivity contribution in [3.05, 3.63) is 41.1 Å². The van der Waals surface area contributed by atoms with Crippen LogP contribution in [0.1, 0.15) is 117 Å². The second-order valence-corrected chi connectivity index (χ2v) is 11.7. The van der Waals surface area contributed by atoms with Crippen molar-refractivity contribution in [2.24, 2.45) is 28.7 Å². The number of aryl methyl sites for hydroxylation is 1. The smallest absolute Gasteiger partial charge is 0.275 e. The van der Waals surface area contributed by atoms with E-state index in [1.54, 1.807) is 14.2 Å². The van der Waals surface area contributed by atoms with E-state index in [0.29, 0.717) is 11.8 Å². The standard InChI is InChI=1S/C32H54N2O2/c1-23(2)13-9-14-24(3)15-10-16-25(4)17-11-18-26(5)21-22-28-19-12-20-29-30(28)27(6)33-31(35-7)32(34-29)36-8/h12,19-20,23-26,34H,9-11,13-18,21-22H2,1-8H3. The van der Waals surface area contributed by atoms with Gasteiger partial charge in [0.1, 0.15) is 0 Å². The predicted octanol–water partition coefficient (Wildman–Crippen LogP) is 9.35. The van der Waals surface area contributed by atoms with Crippen LogP contribution in [-0.2, 0) is 15.9 Å². The van der Waals surface area contributed by atoms with E-state index in [4.69, 9.17) is 9.47 Å². The van der Waals surface area contributed by atoms with Gasteiger partial charge in [0, 0.05) is 5.56 Å². The maximum Gasteiger partial charge on any atom is 0.275 e. The highest BCUT2D eigenvalue weighted by molar-refractivity contribution is 6.06. The van der Waals surface area contributed by atoms with Crippen LogP contribution in [0.4, 0.5) is 5.69 Å².